The summed E-state index contributed by atoms with van der Waals surface area (Å²) >= 11 is 0. The summed E-state index contributed by atoms with van der Waals surface area (Å²) in [5, 5.41) is 8.16. The quantitative estimate of drug-likeness (QED) is 0.173. The van der Waals surface area contributed by atoms with E-state index in [0.29, 0.717) is 50.4 Å². The first-order valence-corrected chi connectivity index (χ1v) is 14.0. The average molecular weight is 580 g/mol. The lowest BCUT2D eigenvalue weighted by molar-refractivity contribution is -0.140. The Morgan fingerprint density at radius 3 is 2.48 bits per heavy atom. The smallest absolute Gasteiger partial charge is 0.318 e. The molecule has 1 saturated heterocycles. The largest absolute Gasteiger partial charge is 0.382 e. The van der Waals surface area contributed by atoms with Gasteiger partial charge in [0, 0.05) is 32.6 Å². The Kier molecular flexibility index (Phi) is 10.4. The van der Waals surface area contributed by atoms with Crippen molar-refractivity contribution in [2.45, 2.75) is 45.3 Å². The standard InChI is InChI=1S/C28H37N9O5/c1-18(2)21(35-28(41)36-11-13-42-14-12-36)26(39)34-20(15-19-7-4-3-5-8-19)23(38)27(40)30-9-6-10-37-17-33-22-24(29)31-16-32-25(22)37/h3-5,7-8,16-18,20-21H,6,9-15H2,1-2H3,(H,30,40)(H,34,39)(H,35,41)(H2,29,31,32)/t20-,21-/m0/s1. The van der Waals surface area contributed by atoms with Crippen LogP contribution in [0.5, 0.6) is 0 Å². The number of nitrogens with one attached hydrogen (secondary N) is 3. The summed E-state index contributed by atoms with van der Waals surface area (Å²) < 4.78 is 7.08. The first-order valence-electron chi connectivity index (χ1n) is 14.0. The van der Waals surface area contributed by atoms with E-state index in [-0.39, 0.29) is 30.7 Å². The number of nitrogens with two attached hydrogens (primary N) is 1. The van der Waals surface area contributed by atoms with Gasteiger partial charge in [0.2, 0.25) is 11.7 Å². The molecule has 0 spiro atoms. The summed E-state index contributed by atoms with van der Waals surface area (Å²) in [7, 11) is 0. The summed E-state index contributed by atoms with van der Waals surface area (Å²) in [5.41, 5.74) is 7.68. The number of carbonyl (C=O) groups excluding carboxylic acids is 4. The zero-order valence-corrected chi connectivity index (χ0v) is 23.8. The fourth-order valence-electron chi connectivity index (χ4n) is 4.61. The van der Waals surface area contributed by atoms with E-state index in [4.69, 9.17) is 10.5 Å². The van der Waals surface area contributed by atoms with Gasteiger partial charge in [0.15, 0.2) is 11.5 Å². The molecule has 14 nitrogen and oxygen atoms in total. The van der Waals surface area contributed by atoms with Crippen LogP contribution < -0.4 is 21.7 Å². The van der Waals surface area contributed by atoms with Crippen molar-refractivity contribution < 1.29 is 23.9 Å². The predicted octanol–water partition coefficient (Wildman–Crippen LogP) is 0.278. The number of ketones is 1. The van der Waals surface area contributed by atoms with Gasteiger partial charge in [-0.05, 0) is 17.9 Å². The minimum atomic E-state index is -1.13. The number of aryl methyl sites for hydroxylation is 1. The maximum absolute atomic E-state index is 13.4. The summed E-state index contributed by atoms with van der Waals surface area (Å²) in [5.74, 6) is -2.11. The first kappa shape index (κ1) is 30.4. The third-order valence-electron chi connectivity index (χ3n) is 6.96. The normalized spacial score (nSPS) is 14.8. The third-order valence-corrected chi connectivity index (χ3v) is 6.96. The van der Waals surface area contributed by atoms with Crippen molar-refractivity contribution in [1.82, 2.24) is 40.4 Å². The molecule has 3 aromatic rings. The molecule has 4 rings (SSSR count). The summed E-state index contributed by atoms with van der Waals surface area (Å²) in [6.45, 7) is 5.99. The number of amides is 4. The average Bonchev–Trinajstić information content (AvgIpc) is 3.42. The van der Waals surface area contributed by atoms with Crippen LogP contribution >= 0.6 is 0 Å². The number of morpholine rings is 1. The van der Waals surface area contributed by atoms with Crippen molar-refractivity contribution in [3.63, 3.8) is 0 Å². The highest BCUT2D eigenvalue weighted by Crippen LogP contribution is 2.14. The maximum Gasteiger partial charge on any atom is 0.318 e. The van der Waals surface area contributed by atoms with Gasteiger partial charge in [-0.1, -0.05) is 44.2 Å². The SMILES string of the molecule is CC(C)[C@H](NC(=O)N1CCOCC1)C(=O)N[C@@H](Cc1ccccc1)C(=O)C(=O)NCCCn1cnc2c(N)ncnc21. The summed E-state index contributed by atoms with van der Waals surface area (Å²) in [6.07, 6.45) is 3.56. The lowest BCUT2D eigenvalue weighted by atomic mass is 9.99. The highest BCUT2D eigenvalue weighted by Gasteiger charge is 2.32. The number of benzene rings is 1. The highest BCUT2D eigenvalue weighted by molar-refractivity contribution is 6.38. The van der Waals surface area contributed by atoms with Crippen molar-refractivity contribution >= 4 is 40.6 Å². The number of nitrogen functional groups attached to an aromatic ring is 1. The van der Waals surface area contributed by atoms with Crippen LogP contribution in [0.4, 0.5) is 10.6 Å². The Balaban J connectivity index is 1.37. The molecule has 4 amide bonds. The number of hydrogen-bond donors (Lipinski definition) is 4. The number of ether oxygens (including phenoxy) is 1. The van der Waals surface area contributed by atoms with Crippen molar-refractivity contribution in [1.29, 1.82) is 0 Å². The Labute approximate surface area is 243 Å². The molecule has 0 aliphatic carbocycles. The number of urea groups is 1. The number of Topliss-reactive ketones (excluding diaryl/α,β-unsaturated/α-hetero) is 1. The van der Waals surface area contributed by atoms with Crippen LogP contribution in [0.25, 0.3) is 11.2 Å². The second kappa shape index (κ2) is 14.3. The Morgan fingerprint density at radius 2 is 1.76 bits per heavy atom. The number of rotatable bonds is 12. The van der Waals surface area contributed by atoms with Crippen LogP contribution in [0.15, 0.2) is 43.0 Å². The van der Waals surface area contributed by atoms with Gasteiger partial charge < -0.3 is 35.9 Å². The van der Waals surface area contributed by atoms with Gasteiger partial charge in [-0.2, -0.15) is 0 Å². The van der Waals surface area contributed by atoms with E-state index < -0.39 is 29.7 Å². The van der Waals surface area contributed by atoms with Crippen LogP contribution in [0.2, 0.25) is 0 Å². The molecule has 2 aromatic heterocycles. The lowest BCUT2D eigenvalue weighted by Gasteiger charge is -2.30. The van der Waals surface area contributed by atoms with E-state index in [0.717, 1.165) is 5.56 Å². The lowest BCUT2D eigenvalue weighted by Crippen LogP contribution is -2.58. The number of nitrogens with zero attached hydrogens (tertiary/aromatic N) is 5. The van der Waals surface area contributed by atoms with Crippen molar-refractivity contribution in [2.75, 3.05) is 38.6 Å². The van der Waals surface area contributed by atoms with Crippen molar-refractivity contribution in [3.05, 3.63) is 48.5 Å². The molecule has 0 unspecified atom stereocenters. The molecule has 5 N–H and O–H groups in total. The molecule has 3 heterocycles. The van der Waals surface area contributed by atoms with Crippen LogP contribution in [-0.4, -0.2) is 93.0 Å². The zero-order valence-electron chi connectivity index (χ0n) is 23.8. The predicted molar refractivity (Wildman–Crippen MR) is 154 cm³/mol. The third kappa shape index (κ3) is 7.78. The van der Waals surface area contributed by atoms with Gasteiger partial charge in [-0.25, -0.2) is 19.7 Å². The fourth-order valence-corrected chi connectivity index (χ4v) is 4.61. The topological polar surface area (TPSA) is 186 Å². The van der Waals surface area contributed by atoms with E-state index in [2.05, 4.69) is 30.9 Å². The number of aromatic nitrogens is 4. The van der Waals surface area contributed by atoms with E-state index in [1.54, 1.807) is 29.6 Å². The minimum Gasteiger partial charge on any atom is -0.382 e. The van der Waals surface area contributed by atoms with E-state index in [1.807, 2.05) is 30.3 Å². The summed E-state index contributed by atoms with van der Waals surface area (Å²) in [4.78, 5) is 66.3. The van der Waals surface area contributed by atoms with Gasteiger partial charge in [-0.15, -0.1) is 0 Å². The molecule has 1 aliphatic heterocycles. The Hall–Kier alpha value is -4.59. The van der Waals surface area contributed by atoms with Gasteiger partial charge >= 0.3 is 6.03 Å². The van der Waals surface area contributed by atoms with Gasteiger partial charge in [0.05, 0.1) is 19.5 Å². The molecule has 1 fully saturated rings. The van der Waals surface area contributed by atoms with Gasteiger partial charge in [0.25, 0.3) is 5.91 Å². The van der Waals surface area contributed by atoms with Gasteiger partial charge in [-0.3, -0.25) is 14.4 Å². The number of imidazole rings is 1. The van der Waals surface area contributed by atoms with E-state index in [1.165, 1.54) is 6.33 Å². The van der Waals surface area contributed by atoms with Crippen LogP contribution in [0, 0.1) is 5.92 Å². The first-order chi connectivity index (χ1) is 20.2. The fraction of sp³-hybridized carbons (Fsp3) is 0.464. The number of hydrogen-bond acceptors (Lipinski definition) is 9. The molecule has 1 aromatic carbocycles. The maximum atomic E-state index is 13.4. The Bertz CT molecular complexity index is 1390. The number of fused-ring (bicyclic) bond motifs is 1. The zero-order chi connectivity index (χ0) is 30.1. The molecule has 0 bridgehead atoms. The summed E-state index contributed by atoms with van der Waals surface area (Å²) in [6, 6.07) is 6.69. The second-order valence-corrected chi connectivity index (χ2v) is 10.4. The molecular weight excluding hydrogens is 542 g/mol. The van der Waals surface area contributed by atoms with Crippen molar-refractivity contribution in [2.24, 2.45) is 5.92 Å². The Morgan fingerprint density at radius 1 is 1.02 bits per heavy atom. The monoisotopic (exact) mass is 579 g/mol. The van der Waals surface area contributed by atoms with Crippen LogP contribution in [0.1, 0.15) is 25.8 Å². The number of carbonyl (C=O) groups is 4. The molecule has 0 radical (unpaired) electrons. The molecule has 42 heavy (non-hydrogen) atoms. The van der Waals surface area contributed by atoms with E-state index >= 15 is 0 Å². The second-order valence-electron chi connectivity index (χ2n) is 10.4. The van der Waals surface area contributed by atoms with Crippen LogP contribution in [-0.2, 0) is 32.1 Å². The minimum absolute atomic E-state index is 0.114. The molecule has 1 aliphatic rings. The molecule has 14 heteroatoms. The van der Waals surface area contributed by atoms with Crippen LogP contribution in [0.3, 0.4) is 0 Å². The molecular formula is C28H37N9O5. The molecule has 0 saturated carbocycles. The number of anilines is 1. The molecule has 224 valence electrons. The van der Waals surface area contributed by atoms with Gasteiger partial charge in [0.1, 0.15) is 23.9 Å². The highest BCUT2D eigenvalue weighted by atomic mass is 16.5. The van der Waals surface area contributed by atoms with E-state index in [9.17, 15) is 19.2 Å². The van der Waals surface area contributed by atoms with Crippen molar-refractivity contribution in [3.8, 4) is 0 Å². The molecule has 2 atom stereocenters.